The molecule has 2 aliphatic rings. The molecule has 0 aromatic rings. The van der Waals surface area contributed by atoms with E-state index in [1.807, 2.05) is 11.8 Å². The van der Waals surface area contributed by atoms with Gasteiger partial charge in [0.15, 0.2) is 0 Å². The van der Waals surface area contributed by atoms with Crippen molar-refractivity contribution < 1.29 is 4.79 Å². The van der Waals surface area contributed by atoms with Crippen LogP contribution in [0.25, 0.3) is 4.85 Å². The lowest BCUT2D eigenvalue weighted by molar-refractivity contribution is -0.126. The molecule has 1 saturated heterocycles. The Morgan fingerprint density at radius 1 is 1.17 bits per heavy atom. The highest BCUT2D eigenvalue weighted by Crippen LogP contribution is 2.31. The van der Waals surface area contributed by atoms with E-state index in [2.05, 4.69) is 10.2 Å². The van der Waals surface area contributed by atoms with Crippen LogP contribution in [0.2, 0.25) is 0 Å². The van der Waals surface area contributed by atoms with Gasteiger partial charge in [0.25, 0.3) is 0 Å². The van der Waals surface area contributed by atoms with Crippen LogP contribution in [0.3, 0.4) is 0 Å². The van der Waals surface area contributed by atoms with Crippen molar-refractivity contribution >= 4 is 17.7 Å². The second-order valence-electron chi connectivity index (χ2n) is 5.42. The Morgan fingerprint density at radius 2 is 1.78 bits per heavy atom. The summed E-state index contributed by atoms with van der Waals surface area (Å²) in [5.41, 5.74) is -0.752. The quantitative estimate of drug-likeness (QED) is 0.616. The van der Waals surface area contributed by atoms with E-state index in [9.17, 15) is 4.79 Å². The molecule has 0 spiro atoms. The summed E-state index contributed by atoms with van der Waals surface area (Å²) in [6, 6.07) is 0.313. The maximum atomic E-state index is 12.4. The van der Waals surface area contributed by atoms with E-state index in [4.69, 9.17) is 6.57 Å². The lowest BCUT2D eigenvalue weighted by atomic mass is 9.91. The van der Waals surface area contributed by atoms with Crippen molar-refractivity contribution in [2.45, 2.75) is 62.9 Å². The molecule has 1 aliphatic carbocycles. The van der Waals surface area contributed by atoms with Crippen LogP contribution in [0.4, 0.5) is 0 Å². The number of amides is 1. The number of hydrogen-bond donors (Lipinski definition) is 1. The van der Waals surface area contributed by atoms with E-state index in [1.165, 1.54) is 25.7 Å². The molecule has 0 unspecified atom stereocenters. The monoisotopic (exact) mass is 266 g/mol. The van der Waals surface area contributed by atoms with E-state index in [1.54, 1.807) is 0 Å². The minimum atomic E-state index is -0.752. The summed E-state index contributed by atoms with van der Waals surface area (Å²) >= 11 is 1.86. The number of carbonyl (C=O) groups is 1. The van der Waals surface area contributed by atoms with E-state index < -0.39 is 5.54 Å². The maximum Gasteiger partial charge on any atom is 0.310 e. The lowest BCUT2D eigenvalue weighted by Crippen LogP contribution is -2.50. The summed E-state index contributed by atoms with van der Waals surface area (Å²) in [6.45, 7) is 7.39. The summed E-state index contributed by atoms with van der Waals surface area (Å²) in [7, 11) is 0. The Balaban J connectivity index is 1.94. The van der Waals surface area contributed by atoms with E-state index in [0.717, 1.165) is 37.2 Å². The Kier molecular flexibility index (Phi) is 4.94. The van der Waals surface area contributed by atoms with Gasteiger partial charge in [-0.25, -0.2) is 6.57 Å². The molecular weight excluding hydrogens is 244 g/mol. The predicted octanol–water partition coefficient (Wildman–Crippen LogP) is 3.01. The predicted molar refractivity (Wildman–Crippen MR) is 75.5 cm³/mol. The lowest BCUT2D eigenvalue weighted by Gasteiger charge is -2.27. The van der Waals surface area contributed by atoms with Crippen LogP contribution in [0, 0.1) is 6.57 Å². The molecule has 1 amide bonds. The first-order valence-electron chi connectivity index (χ1n) is 7.04. The molecule has 100 valence electrons. The van der Waals surface area contributed by atoms with Crippen molar-refractivity contribution in [2.24, 2.45) is 0 Å². The number of nitrogens with zero attached hydrogens (tertiary/aromatic N) is 1. The molecule has 2 rings (SSSR count). The zero-order valence-corrected chi connectivity index (χ0v) is 11.7. The van der Waals surface area contributed by atoms with Gasteiger partial charge in [0.2, 0.25) is 0 Å². The van der Waals surface area contributed by atoms with Gasteiger partial charge in [-0.15, -0.1) is 0 Å². The smallest absolute Gasteiger partial charge is 0.310 e. The molecule has 0 bridgehead atoms. The van der Waals surface area contributed by atoms with Gasteiger partial charge in [-0.3, -0.25) is 9.64 Å². The SMILES string of the molecule is [C-]#[N+]C1(C(=O)NC2CCCCCC2)CCSCC1. The summed E-state index contributed by atoms with van der Waals surface area (Å²) in [6.07, 6.45) is 8.63. The molecule has 3 nitrogen and oxygen atoms in total. The Morgan fingerprint density at radius 3 is 2.33 bits per heavy atom. The molecule has 0 aromatic heterocycles. The van der Waals surface area contributed by atoms with Crippen molar-refractivity contribution in [3.05, 3.63) is 11.4 Å². The van der Waals surface area contributed by atoms with Gasteiger partial charge >= 0.3 is 11.4 Å². The van der Waals surface area contributed by atoms with Crippen molar-refractivity contribution in [3.8, 4) is 0 Å². The highest BCUT2D eigenvalue weighted by Gasteiger charge is 2.47. The number of nitrogens with one attached hydrogen (secondary N) is 1. The van der Waals surface area contributed by atoms with Crippen molar-refractivity contribution in [3.63, 3.8) is 0 Å². The van der Waals surface area contributed by atoms with Gasteiger partial charge < -0.3 is 5.32 Å². The Labute approximate surface area is 114 Å². The van der Waals surface area contributed by atoms with Crippen molar-refractivity contribution in [1.29, 1.82) is 0 Å². The third-order valence-corrected chi connectivity index (χ3v) is 5.13. The van der Waals surface area contributed by atoms with E-state index in [0.29, 0.717) is 6.04 Å². The molecule has 0 atom stereocenters. The van der Waals surface area contributed by atoms with Crippen LogP contribution in [-0.2, 0) is 4.79 Å². The second kappa shape index (κ2) is 6.47. The molecular formula is C14H22N2OS. The van der Waals surface area contributed by atoms with Crippen LogP contribution < -0.4 is 5.32 Å². The zero-order chi connectivity index (χ0) is 12.8. The van der Waals surface area contributed by atoms with Crippen LogP contribution in [0.5, 0.6) is 0 Å². The van der Waals surface area contributed by atoms with Gasteiger partial charge in [-0.1, -0.05) is 25.7 Å². The fraction of sp³-hybridized carbons (Fsp3) is 0.857. The fourth-order valence-electron chi connectivity index (χ4n) is 2.84. The Hall–Kier alpha value is -0.690. The van der Waals surface area contributed by atoms with Crippen LogP contribution in [0.1, 0.15) is 51.4 Å². The fourth-order valence-corrected chi connectivity index (χ4v) is 4.01. The molecule has 1 saturated carbocycles. The Bertz CT molecular complexity index is 323. The highest BCUT2D eigenvalue weighted by atomic mass is 32.2. The molecule has 0 aromatic carbocycles. The zero-order valence-electron chi connectivity index (χ0n) is 10.9. The number of hydrogen-bond acceptors (Lipinski definition) is 2. The van der Waals surface area contributed by atoms with Gasteiger partial charge in [0.1, 0.15) is 0 Å². The molecule has 4 heteroatoms. The molecule has 18 heavy (non-hydrogen) atoms. The highest BCUT2D eigenvalue weighted by molar-refractivity contribution is 7.99. The van der Waals surface area contributed by atoms with E-state index in [-0.39, 0.29) is 5.91 Å². The van der Waals surface area contributed by atoms with Gasteiger partial charge in [-0.2, -0.15) is 11.8 Å². The number of rotatable bonds is 2. The first kappa shape index (κ1) is 13.7. The molecule has 1 heterocycles. The standard InChI is InChI=1S/C14H22N2OS/c1-15-14(8-10-18-11-9-14)13(17)16-12-6-4-2-3-5-7-12/h12H,2-11H2,(H,16,17). The average molecular weight is 266 g/mol. The van der Waals surface area contributed by atoms with Crippen molar-refractivity contribution in [2.75, 3.05) is 11.5 Å². The first-order chi connectivity index (χ1) is 8.77. The third-order valence-electron chi connectivity index (χ3n) is 4.15. The number of thioether (sulfide) groups is 1. The first-order valence-corrected chi connectivity index (χ1v) is 8.20. The number of carbonyl (C=O) groups excluding carboxylic acids is 1. The molecule has 1 aliphatic heterocycles. The molecule has 0 radical (unpaired) electrons. The third kappa shape index (κ3) is 3.20. The van der Waals surface area contributed by atoms with E-state index >= 15 is 0 Å². The van der Waals surface area contributed by atoms with Crippen LogP contribution >= 0.6 is 11.8 Å². The maximum absolute atomic E-state index is 12.4. The molecule has 2 fully saturated rings. The van der Waals surface area contributed by atoms with Gasteiger partial charge in [-0.05, 0) is 12.8 Å². The summed E-state index contributed by atoms with van der Waals surface area (Å²) in [5.74, 6) is 1.89. The largest absolute Gasteiger partial charge is 0.346 e. The minimum absolute atomic E-state index is 0.00435. The van der Waals surface area contributed by atoms with Crippen molar-refractivity contribution in [1.82, 2.24) is 5.32 Å². The summed E-state index contributed by atoms with van der Waals surface area (Å²) in [4.78, 5) is 16.1. The topological polar surface area (TPSA) is 33.5 Å². The normalized spacial score (nSPS) is 24.8. The van der Waals surface area contributed by atoms with Gasteiger partial charge in [0, 0.05) is 30.4 Å². The van der Waals surface area contributed by atoms with Crippen LogP contribution in [-0.4, -0.2) is 29.0 Å². The van der Waals surface area contributed by atoms with Crippen LogP contribution in [0.15, 0.2) is 0 Å². The molecule has 1 N–H and O–H groups in total. The average Bonchev–Trinajstić information content (AvgIpc) is 2.68. The summed E-state index contributed by atoms with van der Waals surface area (Å²) in [5, 5.41) is 3.16. The second-order valence-corrected chi connectivity index (χ2v) is 6.64. The summed E-state index contributed by atoms with van der Waals surface area (Å²) < 4.78 is 0. The minimum Gasteiger partial charge on any atom is -0.346 e. The van der Waals surface area contributed by atoms with Gasteiger partial charge in [0.05, 0.1) is 0 Å².